The monoisotopic (exact) mass is 394 g/mol. The normalized spacial score (nSPS) is 14.8. The van der Waals surface area contributed by atoms with Crippen molar-refractivity contribution in [1.82, 2.24) is 10.9 Å². The molecular weight excluding hydrogens is 368 g/mol. The minimum Gasteiger partial charge on any atom is -0.480 e. The van der Waals surface area contributed by atoms with E-state index in [1.165, 1.54) is 13.0 Å². The van der Waals surface area contributed by atoms with E-state index in [9.17, 15) is 14.7 Å². The first-order valence-electron chi connectivity index (χ1n) is 9.75. The summed E-state index contributed by atoms with van der Waals surface area (Å²) in [6, 6.07) is 16.1. The summed E-state index contributed by atoms with van der Waals surface area (Å²) in [5.74, 6) is -1.15. The Morgan fingerprint density at radius 2 is 1.69 bits per heavy atom. The SMILES string of the molecule is CCCC=C[C@@](C)(NNC(=O)OCC1c2ccccc2-c2ccccc21)C(=O)O. The van der Waals surface area contributed by atoms with Crippen molar-refractivity contribution in [3.8, 4) is 11.1 Å². The summed E-state index contributed by atoms with van der Waals surface area (Å²) in [4.78, 5) is 23.8. The lowest BCUT2D eigenvalue weighted by Crippen LogP contribution is -2.56. The number of aliphatic carboxylic acids is 1. The highest BCUT2D eigenvalue weighted by Crippen LogP contribution is 2.44. The van der Waals surface area contributed by atoms with Gasteiger partial charge in [-0.3, -0.25) is 5.43 Å². The number of hydrazine groups is 1. The van der Waals surface area contributed by atoms with Crippen LogP contribution >= 0.6 is 0 Å². The molecule has 0 fully saturated rings. The fraction of sp³-hybridized carbons (Fsp3) is 0.304. The number of nitrogens with one attached hydrogen (secondary N) is 2. The number of carboxylic acid groups (broad SMARTS) is 1. The van der Waals surface area contributed by atoms with Gasteiger partial charge < -0.3 is 9.84 Å². The maximum atomic E-state index is 12.2. The summed E-state index contributed by atoms with van der Waals surface area (Å²) in [5.41, 5.74) is 8.03. The van der Waals surface area contributed by atoms with Gasteiger partial charge in [0.15, 0.2) is 0 Å². The molecule has 0 aromatic heterocycles. The molecule has 6 nitrogen and oxygen atoms in total. The van der Waals surface area contributed by atoms with Gasteiger partial charge >= 0.3 is 12.1 Å². The molecule has 0 heterocycles. The number of amides is 1. The Labute approximate surface area is 170 Å². The predicted molar refractivity (Wildman–Crippen MR) is 111 cm³/mol. The van der Waals surface area contributed by atoms with E-state index in [1.807, 2.05) is 43.3 Å². The van der Waals surface area contributed by atoms with Crippen LogP contribution in [0.2, 0.25) is 0 Å². The van der Waals surface area contributed by atoms with Gasteiger partial charge in [-0.15, -0.1) is 0 Å². The zero-order valence-electron chi connectivity index (χ0n) is 16.6. The lowest BCUT2D eigenvalue weighted by atomic mass is 9.98. The zero-order chi connectivity index (χ0) is 20.9. The molecule has 0 saturated heterocycles. The standard InChI is InChI=1S/C23H26N2O4/c1-3-4-9-14-23(2,21(26)27)25-24-22(28)29-15-20-18-12-7-5-10-16(18)17-11-6-8-13-19(17)20/h5-14,20,25H,3-4,15H2,1-2H3,(H,24,28)(H,26,27)/t23-/m1/s1. The van der Waals surface area contributed by atoms with Crippen LogP contribution in [0.15, 0.2) is 60.7 Å². The number of rotatable bonds is 8. The summed E-state index contributed by atoms with van der Waals surface area (Å²) in [6.45, 7) is 3.65. The number of ether oxygens (including phenoxy) is 1. The lowest BCUT2D eigenvalue weighted by Gasteiger charge is -2.23. The Hall–Kier alpha value is -3.12. The highest BCUT2D eigenvalue weighted by atomic mass is 16.6. The van der Waals surface area contributed by atoms with Crippen LogP contribution in [0.5, 0.6) is 0 Å². The van der Waals surface area contributed by atoms with Crippen molar-refractivity contribution >= 4 is 12.1 Å². The van der Waals surface area contributed by atoms with Crippen LogP contribution in [0.3, 0.4) is 0 Å². The van der Waals surface area contributed by atoms with Gasteiger partial charge in [0.2, 0.25) is 0 Å². The smallest absolute Gasteiger partial charge is 0.421 e. The zero-order valence-corrected chi connectivity index (χ0v) is 16.6. The summed E-state index contributed by atoms with van der Waals surface area (Å²) in [6.07, 6.45) is 4.26. The van der Waals surface area contributed by atoms with Gasteiger partial charge in [-0.05, 0) is 35.6 Å². The summed E-state index contributed by atoms with van der Waals surface area (Å²) in [5, 5.41) is 9.46. The summed E-state index contributed by atoms with van der Waals surface area (Å²) in [7, 11) is 0. The molecule has 3 N–H and O–H groups in total. The molecule has 3 rings (SSSR count). The van der Waals surface area contributed by atoms with Crippen LogP contribution in [0.25, 0.3) is 11.1 Å². The van der Waals surface area contributed by atoms with E-state index in [2.05, 4.69) is 23.0 Å². The van der Waals surface area contributed by atoms with Crippen molar-refractivity contribution in [2.75, 3.05) is 6.61 Å². The molecule has 0 spiro atoms. The van der Waals surface area contributed by atoms with Gasteiger partial charge in [0.05, 0.1) is 0 Å². The molecule has 152 valence electrons. The highest BCUT2D eigenvalue weighted by Gasteiger charge is 2.32. The van der Waals surface area contributed by atoms with E-state index in [0.717, 1.165) is 35.1 Å². The molecule has 0 bridgehead atoms. The van der Waals surface area contributed by atoms with Crippen LogP contribution in [0.4, 0.5) is 4.79 Å². The van der Waals surface area contributed by atoms with Crippen molar-refractivity contribution in [3.63, 3.8) is 0 Å². The third-order valence-corrected chi connectivity index (χ3v) is 5.12. The molecule has 29 heavy (non-hydrogen) atoms. The van der Waals surface area contributed by atoms with Crippen molar-refractivity contribution in [2.24, 2.45) is 0 Å². The summed E-state index contributed by atoms with van der Waals surface area (Å²) >= 11 is 0. The molecule has 1 amide bonds. The highest BCUT2D eigenvalue weighted by molar-refractivity contribution is 5.81. The average molecular weight is 394 g/mol. The topological polar surface area (TPSA) is 87.7 Å². The lowest BCUT2D eigenvalue weighted by molar-refractivity contribution is -0.142. The second kappa shape index (κ2) is 8.92. The molecule has 1 atom stereocenters. The number of fused-ring (bicyclic) bond motifs is 3. The first kappa shape index (κ1) is 20.6. The van der Waals surface area contributed by atoms with Crippen molar-refractivity contribution < 1.29 is 19.4 Å². The van der Waals surface area contributed by atoms with Crippen LogP contribution < -0.4 is 10.9 Å². The maximum Gasteiger partial charge on any atom is 0.421 e. The van der Waals surface area contributed by atoms with E-state index in [1.54, 1.807) is 6.08 Å². The Kier molecular flexibility index (Phi) is 6.34. The van der Waals surface area contributed by atoms with Crippen LogP contribution in [0, 0.1) is 0 Å². The fourth-order valence-corrected chi connectivity index (χ4v) is 3.47. The molecule has 1 aliphatic rings. The Morgan fingerprint density at radius 1 is 1.10 bits per heavy atom. The second-order valence-electron chi connectivity index (χ2n) is 7.27. The average Bonchev–Trinajstić information content (AvgIpc) is 3.05. The van der Waals surface area contributed by atoms with E-state index in [-0.39, 0.29) is 12.5 Å². The molecular formula is C23H26N2O4. The van der Waals surface area contributed by atoms with Gasteiger partial charge in [-0.1, -0.05) is 74.0 Å². The van der Waals surface area contributed by atoms with Gasteiger partial charge in [0.1, 0.15) is 12.1 Å². The third kappa shape index (κ3) is 4.49. The minimum atomic E-state index is -1.42. The van der Waals surface area contributed by atoms with Crippen LogP contribution in [-0.4, -0.2) is 29.3 Å². The van der Waals surface area contributed by atoms with E-state index < -0.39 is 17.6 Å². The molecule has 0 radical (unpaired) electrons. The van der Waals surface area contributed by atoms with Gasteiger partial charge in [0, 0.05) is 5.92 Å². The van der Waals surface area contributed by atoms with Crippen LogP contribution in [0.1, 0.15) is 43.7 Å². The van der Waals surface area contributed by atoms with Gasteiger partial charge in [-0.25, -0.2) is 15.0 Å². The maximum absolute atomic E-state index is 12.2. The van der Waals surface area contributed by atoms with Gasteiger partial charge in [-0.2, -0.15) is 0 Å². The number of carboxylic acids is 1. The first-order chi connectivity index (χ1) is 14.0. The largest absolute Gasteiger partial charge is 0.480 e. The van der Waals surface area contributed by atoms with E-state index in [4.69, 9.17) is 4.74 Å². The third-order valence-electron chi connectivity index (χ3n) is 5.12. The molecule has 2 aromatic carbocycles. The number of hydrogen-bond acceptors (Lipinski definition) is 4. The number of hydrogen-bond donors (Lipinski definition) is 3. The molecule has 0 unspecified atom stereocenters. The Bertz CT molecular complexity index is 879. The van der Waals surface area contributed by atoms with Crippen LogP contribution in [-0.2, 0) is 9.53 Å². The number of unbranched alkanes of at least 4 members (excludes halogenated alkanes) is 1. The second-order valence-corrected chi connectivity index (χ2v) is 7.27. The number of allylic oxidation sites excluding steroid dienone is 1. The molecule has 1 aliphatic carbocycles. The fourth-order valence-electron chi connectivity index (χ4n) is 3.47. The number of benzene rings is 2. The quantitative estimate of drug-likeness (QED) is 0.461. The first-order valence-corrected chi connectivity index (χ1v) is 9.75. The van der Waals surface area contributed by atoms with E-state index in [0.29, 0.717) is 0 Å². The van der Waals surface area contributed by atoms with E-state index >= 15 is 0 Å². The van der Waals surface area contributed by atoms with Crippen molar-refractivity contribution in [2.45, 2.75) is 38.1 Å². The molecule has 2 aromatic rings. The molecule has 0 aliphatic heterocycles. The predicted octanol–water partition coefficient (Wildman–Crippen LogP) is 4.23. The minimum absolute atomic E-state index is 0.0524. The number of carbonyl (C=O) groups is 2. The van der Waals surface area contributed by atoms with Crippen molar-refractivity contribution in [3.05, 3.63) is 71.8 Å². The molecule has 0 saturated carbocycles. The van der Waals surface area contributed by atoms with Gasteiger partial charge in [0.25, 0.3) is 0 Å². The Balaban J connectivity index is 1.63. The Morgan fingerprint density at radius 3 is 2.24 bits per heavy atom. The molecule has 6 heteroatoms. The van der Waals surface area contributed by atoms with Crippen molar-refractivity contribution in [1.29, 1.82) is 0 Å². The summed E-state index contributed by atoms with van der Waals surface area (Å²) < 4.78 is 5.41. The number of carbonyl (C=O) groups excluding carboxylic acids is 1.